The number of carbonyl (C=O) groups excluding carboxylic acids is 2. The van der Waals surface area contributed by atoms with Gasteiger partial charge in [0.2, 0.25) is 11.8 Å². The fourth-order valence-corrected chi connectivity index (χ4v) is 1.49. The molecular weight excluding hydrogens is 192 g/mol. The smallest absolute Gasteiger partial charge is 0.243 e. The minimum atomic E-state index is -0.330. The summed E-state index contributed by atoms with van der Waals surface area (Å²) in [6.07, 6.45) is 0. The Balaban J connectivity index is 2.58. The van der Waals surface area contributed by atoms with Gasteiger partial charge < -0.3 is 0 Å². The van der Waals surface area contributed by atoms with E-state index in [2.05, 4.69) is 18.5 Å². The molecule has 2 amide bonds. The van der Waals surface area contributed by atoms with Gasteiger partial charge in [-0.1, -0.05) is 13.2 Å². The molecule has 15 heavy (non-hydrogen) atoms. The van der Waals surface area contributed by atoms with E-state index in [9.17, 15) is 9.59 Å². The summed E-state index contributed by atoms with van der Waals surface area (Å²) in [4.78, 5) is 24.2. The maximum absolute atomic E-state index is 11.5. The minimum absolute atomic E-state index is 0.273. The van der Waals surface area contributed by atoms with Gasteiger partial charge in [-0.25, -0.2) is 0 Å². The molecule has 1 rings (SSSR count). The third-order valence-electron chi connectivity index (χ3n) is 2.51. The highest BCUT2D eigenvalue weighted by atomic mass is 16.2. The topological polar surface area (TPSA) is 49.4 Å². The number of carbonyl (C=O) groups is 2. The summed E-state index contributed by atoms with van der Waals surface area (Å²) in [6.45, 7) is 12.1. The first-order chi connectivity index (χ1) is 6.91. The molecule has 0 saturated carbocycles. The van der Waals surface area contributed by atoms with Crippen LogP contribution in [0.25, 0.3) is 0 Å². The van der Waals surface area contributed by atoms with Gasteiger partial charge in [0, 0.05) is 20.0 Å². The quantitative estimate of drug-likeness (QED) is 0.717. The highest BCUT2D eigenvalue weighted by molar-refractivity contribution is 5.96. The first-order valence-electron chi connectivity index (χ1n) is 4.83. The molecule has 0 aromatic heterocycles. The van der Waals surface area contributed by atoms with Crippen LogP contribution in [0.5, 0.6) is 0 Å². The summed E-state index contributed by atoms with van der Waals surface area (Å²) in [5, 5.41) is 2.27. The van der Waals surface area contributed by atoms with Gasteiger partial charge >= 0.3 is 0 Å². The van der Waals surface area contributed by atoms with E-state index in [0.717, 1.165) is 11.1 Å². The SMILES string of the molecule is C=C1CN(C(C)C(=O)NC(C)=O)CC1=C. The Bertz CT molecular complexity index is 317. The zero-order valence-electron chi connectivity index (χ0n) is 9.17. The molecule has 1 aliphatic rings. The molecule has 1 fully saturated rings. The third kappa shape index (κ3) is 2.76. The molecule has 4 nitrogen and oxygen atoms in total. The lowest BCUT2D eigenvalue weighted by Gasteiger charge is -2.21. The third-order valence-corrected chi connectivity index (χ3v) is 2.51. The van der Waals surface area contributed by atoms with Gasteiger partial charge in [-0.15, -0.1) is 0 Å². The van der Waals surface area contributed by atoms with E-state index in [1.54, 1.807) is 6.92 Å². The monoisotopic (exact) mass is 208 g/mol. The molecule has 0 bridgehead atoms. The summed E-state index contributed by atoms with van der Waals surface area (Å²) in [6, 6.07) is -0.329. The summed E-state index contributed by atoms with van der Waals surface area (Å²) in [7, 11) is 0. The van der Waals surface area contributed by atoms with Crippen molar-refractivity contribution in [3.8, 4) is 0 Å². The van der Waals surface area contributed by atoms with E-state index < -0.39 is 0 Å². The molecular formula is C11H16N2O2. The van der Waals surface area contributed by atoms with E-state index in [4.69, 9.17) is 0 Å². The molecule has 0 aliphatic carbocycles. The largest absolute Gasteiger partial charge is 0.295 e. The Morgan fingerprint density at radius 1 is 1.33 bits per heavy atom. The number of likely N-dealkylation sites (tertiary alicyclic amines) is 1. The standard InChI is InChI=1S/C11H16N2O2/c1-7-5-13(6-8(7)2)9(3)11(15)12-10(4)14/h9H,1-2,5-6H2,3-4H3,(H,12,14,15). The zero-order valence-corrected chi connectivity index (χ0v) is 9.17. The van der Waals surface area contributed by atoms with Crippen LogP contribution in [-0.2, 0) is 9.59 Å². The van der Waals surface area contributed by atoms with Crippen molar-refractivity contribution < 1.29 is 9.59 Å². The Labute approximate surface area is 89.6 Å². The van der Waals surface area contributed by atoms with Crippen LogP contribution < -0.4 is 5.32 Å². The number of amides is 2. The first-order valence-corrected chi connectivity index (χ1v) is 4.83. The molecule has 1 heterocycles. The van der Waals surface area contributed by atoms with Crippen molar-refractivity contribution in [1.29, 1.82) is 0 Å². The second-order valence-corrected chi connectivity index (χ2v) is 3.83. The Morgan fingerprint density at radius 2 is 1.80 bits per heavy atom. The number of hydrogen-bond donors (Lipinski definition) is 1. The Kier molecular flexibility index (Phi) is 3.42. The molecule has 1 aliphatic heterocycles. The van der Waals surface area contributed by atoms with Crippen molar-refractivity contribution in [1.82, 2.24) is 10.2 Å². The van der Waals surface area contributed by atoms with Crippen molar-refractivity contribution in [2.45, 2.75) is 19.9 Å². The van der Waals surface area contributed by atoms with E-state index in [1.165, 1.54) is 6.92 Å². The summed E-state index contributed by atoms with van der Waals surface area (Å²) in [5.74, 6) is -0.603. The van der Waals surface area contributed by atoms with Gasteiger partial charge in [-0.05, 0) is 18.1 Å². The lowest BCUT2D eigenvalue weighted by molar-refractivity contribution is -0.132. The molecule has 0 aromatic carbocycles. The predicted molar refractivity (Wildman–Crippen MR) is 58.1 cm³/mol. The van der Waals surface area contributed by atoms with Crippen molar-refractivity contribution in [2.75, 3.05) is 13.1 Å². The van der Waals surface area contributed by atoms with Crippen molar-refractivity contribution in [2.24, 2.45) is 0 Å². The number of imide groups is 1. The van der Waals surface area contributed by atoms with Crippen molar-refractivity contribution >= 4 is 11.8 Å². The second-order valence-electron chi connectivity index (χ2n) is 3.83. The predicted octanol–water partition coefficient (Wildman–Crippen LogP) is 0.466. The first kappa shape index (κ1) is 11.7. The molecule has 82 valence electrons. The second kappa shape index (κ2) is 4.40. The van der Waals surface area contributed by atoms with Gasteiger partial charge in [0.25, 0.3) is 0 Å². The van der Waals surface area contributed by atoms with E-state index in [-0.39, 0.29) is 17.9 Å². The Hall–Kier alpha value is -1.42. The molecule has 0 spiro atoms. The van der Waals surface area contributed by atoms with Crippen molar-refractivity contribution in [3.05, 3.63) is 24.3 Å². The van der Waals surface area contributed by atoms with E-state index >= 15 is 0 Å². The average Bonchev–Trinajstić information content (AvgIpc) is 2.44. The molecule has 1 saturated heterocycles. The van der Waals surface area contributed by atoms with Gasteiger partial charge in [-0.2, -0.15) is 0 Å². The number of rotatable bonds is 2. The van der Waals surface area contributed by atoms with E-state index in [0.29, 0.717) is 13.1 Å². The van der Waals surface area contributed by atoms with Crippen LogP contribution >= 0.6 is 0 Å². The number of nitrogens with zero attached hydrogens (tertiary/aromatic N) is 1. The zero-order chi connectivity index (χ0) is 11.6. The number of nitrogens with one attached hydrogen (secondary N) is 1. The molecule has 1 N–H and O–H groups in total. The van der Waals surface area contributed by atoms with Crippen LogP contribution in [0.3, 0.4) is 0 Å². The van der Waals surface area contributed by atoms with Crippen LogP contribution in [0.4, 0.5) is 0 Å². The summed E-state index contributed by atoms with van der Waals surface area (Å²) >= 11 is 0. The lowest BCUT2D eigenvalue weighted by Crippen LogP contribution is -2.45. The highest BCUT2D eigenvalue weighted by Crippen LogP contribution is 2.20. The van der Waals surface area contributed by atoms with E-state index in [1.807, 2.05) is 4.90 Å². The maximum Gasteiger partial charge on any atom is 0.243 e. The van der Waals surface area contributed by atoms with Gasteiger partial charge in [-0.3, -0.25) is 19.8 Å². The van der Waals surface area contributed by atoms with Gasteiger partial charge in [0.15, 0.2) is 0 Å². The van der Waals surface area contributed by atoms with Crippen LogP contribution in [0.15, 0.2) is 24.3 Å². The summed E-state index contributed by atoms with van der Waals surface area (Å²) < 4.78 is 0. The van der Waals surface area contributed by atoms with Crippen LogP contribution in [0, 0.1) is 0 Å². The molecule has 0 radical (unpaired) electrons. The van der Waals surface area contributed by atoms with Crippen LogP contribution in [0.2, 0.25) is 0 Å². The van der Waals surface area contributed by atoms with Gasteiger partial charge in [0.05, 0.1) is 6.04 Å². The van der Waals surface area contributed by atoms with Crippen LogP contribution in [0.1, 0.15) is 13.8 Å². The van der Waals surface area contributed by atoms with Crippen molar-refractivity contribution in [3.63, 3.8) is 0 Å². The highest BCUT2D eigenvalue weighted by Gasteiger charge is 2.27. The molecule has 4 heteroatoms. The van der Waals surface area contributed by atoms with Crippen LogP contribution in [-0.4, -0.2) is 35.8 Å². The van der Waals surface area contributed by atoms with Gasteiger partial charge in [0.1, 0.15) is 0 Å². The summed E-state index contributed by atoms with van der Waals surface area (Å²) in [5.41, 5.74) is 1.91. The molecule has 1 atom stereocenters. The number of hydrogen-bond acceptors (Lipinski definition) is 3. The minimum Gasteiger partial charge on any atom is -0.295 e. The molecule has 0 aromatic rings. The maximum atomic E-state index is 11.5. The average molecular weight is 208 g/mol. The Morgan fingerprint density at radius 3 is 2.20 bits per heavy atom. The molecule has 1 unspecified atom stereocenters. The fraction of sp³-hybridized carbons (Fsp3) is 0.455. The fourth-order valence-electron chi connectivity index (χ4n) is 1.49. The normalized spacial score (nSPS) is 19.1. The lowest BCUT2D eigenvalue weighted by atomic mass is 10.2.